The van der Waals surface area contributed by atoms with Crippen LogP contribution in [0.25, 0.3) is 11.5 Å². The Labute approximate surface area is 238 Å². The molecule has 42 heavy (non-hydrogen) atoms. The summed E-state index contributed by atoms with van der Waals surface area (Å²) in [7, 11) is 0. The van der Waals surface area contributed by atoms with Gasteiger partial charge in [0.25, 0.3) is 5.91 Å². The molecule has 1 fully saturated rings. The molecule has 1 atom stereocenters. The number of hydrogen-bond donors (Lipinski definition) is 2. The van der Waals surface area contributed by atoms with Crippen molar-refractivity contribution in [2.24, 2.45) is 17.1 Å². The number of rotatable bonds is 12. The van der Waals surface area contributed by atoms with Crippen molar-refractivity contribution < 1.29 is 45.8 Å². The zero-order chi connectivity index (χ0) is 30.6. The second kappa shape index (κ2) is 12.7. The molecular weight excluding hydrogens is 564 g/mol. The number of halogens is 4. The van der Waals surface area contributed by atoms with E-state index in [1.807, 2.05) is 20.8 Å². The minimum absolute atomic E-state index is 0.0166. The van der Waals surface area contributed by atoms with Gasteiger partial charge in [-0.05, 0) is 48.8 Å². The molecule has 2 amide bonds. The molecule has 1 saturated carbocycles. The maximum atomic E-state index is 14.1. The van der Waals surface area contributed by atoms with Crippen LogP contribution in [0, 0.1) is 23.0 Å². The number of nitrogens with two attached hydrogens (primary N) is 1. The first kappa shape index (κ1) is 30.6. The highest BCUT2D eigenvalue weighted by Crippen LogP contribution is 2.39. The summed E-state index contributed by atoms with van der Waals surface area (Å²) in [6.45, 7) is 2.35. The highest BCUT2D eigenvalue weighted by Gasteiger charge is 2.33. The van der Waals surface area contributed by atoms with Gasteiger partial charge >= 0.3 is 12.7 Å². The van der Waals surface area contributed by atoms with Crippen molar-refractivity contribution in [1.29, 1.82) is 0 Å². The molecule has 0 radical (unpaired) electrons. The predicted molar refractivity (Wildman–Crippen MR) is 140 cm³/mol. The van der Waals surface area contributed by atoms with Crippen LogP contribution in [0.5, 0.6) is 11.5 Å². The Balaban J connectivity index is 1.72. The zero-order valence-electron chi connectivity index (χ0n) is 23.1. The van der Waals surface area contributed by atoms with Crippen LogP contribution in [-0.4, -0.2) is 35.2 Å². The lowest BCUT2D eigenvalue weighted by Gasteiger charge is -2.24. The van der Waals surface area contributed by atoms with E-state index in [-0.39, 0.29) is 46.5 Å². The fourth-order valence-electron chi connectivity index (χ4n) is 3.98. The van der Waals surface area contributed by atoms with Crippen molar-refractivity contribution in [1.82, 2.24) is 15.3 Å². The van der Waals surface area contributed by atoms with Crippen molar-refractivity contribution in [3.63, 3.8) is 0 Å². The third kappa shape index (κ3) is 8.33. The van der Waals surface area contributed by atoms with E-state index in [2.05, 4.69) is 20.0 Å². The number of amides is 2. The van der Waals surface area contributed by atoms with E-state index in [4.69, 9.17) is 19.6 Å². The monoisotopic (exact) mass is 594 g/mol. The number of oxazole rings is 1. The van der Waals surface area contributed by atoms with E-state index in [9.17, 15) is 27.2 Å². The van der Waals surface area contributed by atoms with Gasteiger partial charge in [-0.3, -0.25) is 9.78 Å². The van der Waals surface area contributed by atoms with Crippen LogP contribution in [0.15, 0.2) is 34.9 Å². The predicted octanol–water partition coefficient (Wildman–Crippen LogP) is 5.91. The van der Waals surface area contributed by atoms with Crippen LogP contribution < -0.4 is 20.5 Å². The first-order valence-electron chi connectivity index (χ1n) is 13.1. The number of carbonyl (C=O) groups is 2. The molecule has 10 nitrogen and oxygen atoms in total. The summed E-state index contributed by atoms with van der Waals surface area (Å²) in [6, 6.07) is 4.63. The Morgan fingerprint density at radius 3 is 2.52 bits per heavy atom. The van der Waals surface area contributed by atoms with E-state index < -0.39 is 48.3 Å². The standard InChI is InChI=1S/C28H30F4N4O6/c1-28(2,3)10-21(41-27(33)38)23-22(24(37)35-12-18-17(30)9-16(29)11-34-18)36-25(42-23)15-6-7-19(40-26(31)32)20(8-15)39-13-14-4-5-14/h6-9,11,14,21,26H,4-5,10,12-13H2,1-3H3,(H2,33,38)(H,35,37)/t21-/m0/s1. The number of hydrogen-bond acceptors (Lipinski definition) is 8. The molecule has 0 saturated heterocycles. The summed E-state index contributed by atoms with van der Waals surface area (Å²) in [5, 5.41) is 2.45. The molecule has 1 aliphatic carbocycles. The van der Waals surface area contributed by atoms with Gasteiger partial charge in [0, 0.05) is 11.6 Å². The van der Waals surface area contributed by atoms with Gasteiger partial charge in [-0.2, -0.15) is 8.78 Å². The molecule has 0 spiro atoms. The smallest absolute Gasteiger partial charge is 0.405 e. The first-order chi connectivity index (χ1) is 19.8. The lowest BCUT2D eigenvalue weighted by Crippen LogP contribution is -2.27. The largest absolute Gasteiger partial charge is 0.489 e. The fraction of sp³-hybridized carbons (Fsp3) is 0.429. The molecular formula is C28H30F4N4O6. The molecule has 3 N–H and O–H groups in total. The Kier molecular flexibility index (Phi) is 9.22. The number of primary amides is 1. The Morgan fingerprint density at radius 1 is 1.17 bits per heavy atom. The maximum Gasteiger partial charge on any atom is 0.405 e. The summed E-state index contributed by atoms with van der Waals surface area (Å²) < 4.78 is 74.9. The average molecular weight is 595 g/mol. The second-order valence-corrected chi connectivity index (χ2v) is 11.0. The normalized spacial score (nSPS) is 14.0. The molecule has 2 heterocycles. The van der Waals surface area contributed by atoms with Gasteiger partial charge in [0.2, 0.25) is 5.89 Å². The van der Waals surface area contributed by atoms with Crippen LogP contribution in [0.1, 0.15) is 68.1 Å². The summed E-state index contributed by atoms with van der Waals surface area (Å²) in [5.41, 5.74) is 4.55. The Hall–Kier alpha value is -4.36. The minimum Gasteiger partial charge on any atom is -0.489 e. The van der Waals surface area contributed by atoms with Crippen LogP contribution >= 0.6 is 0 Å². The Morgan fingerprint density at radius 2 is 1.90 bits per heavy atom. The molecule has 0 unspecified atom stereocenters. The Bertz CT molecular complexity index is 1440. The number of nitrogens with one attached hydrogen (secondary N) is 1. The summed E-state index contributed by atoms with van der Waals surface area (Å²) in [4.78, 5) is 33.0. The first-order valence-corrected chi connectivity index (χ1v) is 13.1. The number of benzene rings is 1. The summed E-state index contributed by atoms with van der Waals surface area (Å²) in [6.07, 6.45) is 0.592. The van der Waals surface area contributed by atoms with Crippen LogP contribution in [0.3, 0.4) is 0 Å². The number of ether oxygens (including phenoxy) is 3. The number of pyridine rings is 1. The van der Waals surface area contributed by atoms with E-state index in [0.29, 0.717) is 18.6 Å². The minimum atomic E-state index is -3.09. The maximum absolute atomic E-state index is 14.1. The van der Waals surface area contributed by atoms with Gasteiger partial charge < -0.3 is 29.7 Å². The molecule has 4 rings (SSSR count). The van der Waals surface area contributed by atoms with Crippen LogP contribution in [-0.2, 0) is 11.3 Å². The van der Waals surface area contributed by atoms with Crippen LogP contribution in [0.4, 0.5) is 22.4 Å². The number of alkyl halides is 2. The number of carbonyl (C=O) groups excluding carboxylic acids is 2. The quantitative estimate of drug-likeness (QED) is 0.247. The van der Waals surface area contributed by atoms with Gasteiger partial charge in [-0.1, -0.05) is 20.8 Å². The fourth-order valence-corrected chi connectivity index (χ4v) is 3.98. The summed E-state index contributed by atoms with van der Waals surface area (Å²) >= 11 is 0. The molecule has 2 aromatic heterocycles. The molecule has 14 heteroatoms. The van der Waals surface area contributed by atoms with Gasteiger partial charge in [-0.15, -0.1) is 0 Å². The van der Waals surface area contributed by atoms with E-state index in [1.54, 1.807) is 0 Å². The molecule has 226 valence electrons. The van der Waals surface area contributed by atoms with E-state index >= 15 is 0 Å². The second-order valence-electron chi connectivity index (χ2n) is 11.0. The van der Waals surface area contributed by atoms with Gasteiger partial charge in [0.05, 0.1) is 25.0 Å². The van der Waals surface area contributed by atoms with Crippen molar-refractivity contribution in [2.45, 2.75) is 59.3 Å². The van der Waals surface area contributed by atoms with Crippen molar-refractivity contribution in [3.05, 3.63) is 59.2 Å². The highest BCUT2D eigenvalue weighted by atomic mass is 19.3. The molecule has 3 aromatic rings. The van der Waals surface area contributed by atoms with Crippen molar-refractivity contribution in [2.75, 3.05) is 6.61 Å². The SMILES string of the molecule is CC(C)(C)C[C@H](OC(N)=O)c1oc(-c2ccc(OC(F)F)c(OCC3CC3)c2)nc1C(=O)NCc1ncc(F)cc1F. The summed E-state index contributed by atoms with van der Waals surface area (Å²) in [5.74, 6) is -2.86. The van der Waals surface area contributed by atoms with Gasteiger partial charge in [0.1, 0.15) is 11.6 Å². The van der Waals surface area contributed by atoms with E-state index in [0.717, 1.165) is 19.0 Å². The topological polar surface area (TPSA) is 139 Å². The average Bonchev–Trinajstić information content (AvgIpc) is 3.61. The van der Waals surface area contributed by atoms with Crippen molar-refractivity contribution >= 4 is 12.0 Å². The van der Waals surface area contributed by atoms with E-state index in [1.165, 1.54) is 18.2 Å². The molecule has 0 bridgehead atoms. The third-order valence-electron chi connectivity index (χ3n) is 6.10. The van der Waals surface area contributed by atoms with Gasteiger partial charge in [-0.25, -0.2) is 18.6 Å². The highest BCUT2D eigenvalue weighted by molar-refractivity contribution is 5.94. The van der Waals surface area contributed by atoms with Crippen molar-refractivity contribution in [3.8, 4) is 23.0 Å². The number of aromatic nitrogens is 2. The number of nitrogens with zero attached hydrogens (tertiary/aromatic N) is 2. The molecule has 1 aliphatic rings. The lowest BCUT2D eigenvalue weighted by atomic mass is 9.88. The lowest BCUT2D eigenvalue weighted by molar-refractivity contribution is -0.0515. The van der Waals surface area contributed by atoms with Crippen LogP contribution in [0.2, 0.25) is 0 Å². The third-order valence-corrected chi connectivity index (χ3v) is 6.10. The zero-order valence-corrected chi connectivity index (χ0v) is 23.1. The molecule has 1 aromatic carbocycles. The molecule has 0 aliphatic heterocycles. The van der Waals surface area contributed by atoms with Gasteiger partial charge in [0.15, 0.2) is 29.1 Å².